The molecule has 2 rings (SSSR count). The van der Waals surface area contributed by atoms with Crippen LogP contribution in [0.25, 0.3) is 0 Å². The monoisotopic (exact) mass is 294 g/mol. The molecule has 2 atom stereocenters. The minimum Gasteiger partial charge on any atom is -0.487 e. The minimum absolute atomic E-state index is 0.0807. The van der Waals surface area contributed by atoms with E-state index in [0.717, 1.165) is 32.1 Å². The van der Waals surface area contributed by atoms with E-state index >= 15 is 0 Å². The van der Waals surface area contributed by atoms with Crippen molar-refractivity contribution in [2.24, 2.45) is 5.73 Å². The molecule has 1 aliphatic carbocycles. The number of para-hydroxylation sites is 1. The van der Waals surface area contributed by atoms with Gasteiger partial charge in [-0.25, -0.2) is 0 Å². The molecule has 2 unspecified atom stereocenters. The van der Waals surface area contributed by atoms with Crippen molar-refractivity contribution in [3.8, 4) is 11.5 Å². The number of ether oxygens (including phenoxy) is 2. The Bertz CT molecular complexity index is 493. The van der Waals surface area contributed by atoms with Gasteiger partial charge in [0.1, 0.15) is 6.10 Å². The summed E-state index contributed by atoms with van der Waals surface area (Å²) < 4.78 is 11.2. The lowest BCUT2D eigenvalue weighted by Gasteiger charge is -2.23. The van der Waals surface area contributed by atoms with E-state index in [1.807, 2.05) is 0 Å². The molecule has 6 heteroatoms. The number of rotatable bonds is 5. The zero-order valence-corrected chi connectivity index (χ0v) is 12.3. The second kappa shape index (κ2) is 7.26. The highest BCUT2D eigenvalue weighted by molar-refractivity contribution is 5.57. The van der Waals surface area contributed by atoms with Crippen LogP contribution in [0.15, 0.2) is 18.2 Å². The van der Waals surface area contributed by atoms with Gasteiger partial charge in [-0.1, -0.05) is 18.9 Å². The number of nitro benzene ring substituents is 1. The van der Waals surface area contributed by atoms with Crippen LogP contribution >= 0.6 is 0 Å². The molecule has 0 heterocycles. The van der Waals surface area contributed by atoms with Crippen LogP contribution < -0.4 is 15.2 Å². The van der Waals surface area contributed by atoms with Gasteiger partial charge < -0.3 is 15.2 Å². The third kappa shape index (κ3) is 3.85. The van der Waals surface area contributed by atoms with E-state index in [1.54, 1.807) is 25.1 Å². The average Bonchev–Trinajstić information content (AvgIpc) is 2.64. The van der Waals surface area contributed by atoms with E-state index < -0.39 is 4.92 Å². The van der Waals surface area contributed by atoms with Gasteiger partial charge in [0, 0.05) is 6.04 Å². The van der Waals surface area contributed by atoms with Gasteiger partial charge in [-0.2, -0.15) is 0 Å². The van der Waals surface area contributed by atoms with E-state index in [4.69, 9.17) is 15.2 Å². The summed E-state index contributed by atoms with van der Waals surface area (Å²) in [5.74, 6) is 0.482. The fraction of sp³-hybridized carbons (Fsp3) is 0.600. The lowest BCUT2D eigenvalue weighted by Crippen LogP contribution is -2.38. The molecule has 1 aromatic carbocycles. The first-order valence-electron chi connectivity index (χ1n) is 7.46. The van der Waals surface area contributed by atoms with Crippen LogP contribution in [-0.4, -0.2) is 23.7 Å². The number of benzene rings is 1. The molecule has 1 aliphatic rings. The van der Waals surface area contributed by atoms with Gasteiger partial charge in [0.15, 0.2) is 0 Å². The Morgan fingerprint density at radius 3 is 2.71 bits per heavy atom. The van der Waals surface area contributed by atoms with Gasteiger partial charge >= 0.3 is 5.69 Å². The van der Waals surface area contributed by atoms with E-state index in [-0.39, 0.29) is 29.3 Å². The van der Waals surface area contributed by atoms with Gasteiger partial charge in [-0.05, 0) is 38.3 Å². The standard InChI is InChI=1S/C15H22N2O4/c1-2-20-13-9-6-10-14(15(13)17(18)19)21-12-8-5-3-4-7-11(12)16/h6,9-12H,2-5,7-8,16H2,1H3. The summed E-state index contributed by atoms with van der Waals surface area (Å²) in [7, 11) is 0. The molecule has 0 aliphatic heterocycles. The first-order valence-corrected chi connectivity index (χ1v) is 7.46. The number of nitrogens with zero attached hydrogens (tertiary/aromatic N) is 1. The first-order chi connectivity index (χ1) is 10.1. The van der Waals surface area contributed by atoms with Crippen molar-refractivity contribution in [2.75, 3.05) is 6.61 Å². The molecule has 116 valence electrons. The molecule has 0 bridgehead atoms. The molecule has 1 aromatic rings. The number of hydrogen-bond donors (Lipinski definition) is 1. The Morgan fingerprint density at radius 2 is 2.00 bits per heavy atom. The Labute approximate surface area is 124 Å². The van der Waals surface area contributed by atoms with E-state index in [1.165, 1.54) is 0 Å². The van der Waals surface area contributed by atoms with Gasteiger partial charge in [-0.15, -0.1) is 0 Å². The zero-order valence-electron chi connectivity index (χ0n) is 12.3. The highest BCUT2D eigenvalue weighted by atomic mass is 16.6. The maximum Gasteiger partial charge on any atom is 0.352 e. The van der Waals surface area contributed by atoms with Gasteiger partial charge in [-0.3, -0.25) is 10.1 Å². The quantitative estimate of drug-likeness (QED) is 0.512. The third-order valence-electron chi connectivity index (χ3n) is 3.73. The summed E-state index contributed by atoms with van der Waals surface area (Å²) in [5, 5.41) is 11.3. The third-order valence-corrected chi connectivity index (χ3v) is 3.73. The summed E-state index contributed by atoms with van der Waals surface area (Å²) in [6.07, 6.45) is 4.80. The maximum atomic E-state index is 11.3. The Morgan fingerprint density at radius 1 is 1.29 bits per heavy atom. The summed E-state index contributed by atoms with van der Waals surface area (Å²) in [6, 6.07) is 4.82. The van der Waals surface area contributed by atoms with Gasteiger partial charge in [0.05, 0.1) is 11.5 Å². The van der Waals surface area contributed by atoms with Crippen LogP contribution in [0.5, 0.6) is 11.5 Å². The van der Waals surface area contributed by atoms with Gasteiger partial charge in [0.2, 0.25) is 11.5 Å². The normalized spacial score (nSPS) is 22.4. The van der Waals surface area contributed by atoms with Crippen molar-refractivity contribution >= 4 is 5.69 Å². The molecule has 0 saturated heterocycles. The minimum atomic E-state index is -0.456. The van der Waals surface area contributed by atoms with Gasteiger partial charge in [0.25, 0.3) is 0 Å². The highest BCUT2D eigenvalue weighted by Crippen LogP contribution is 2.38. The maximum absolute atomic E-state index is 11.3. The molecule has 0 aromatic heterocycles. The highest BCUT2D eigenvalue weighted by Gasteiger charge is 2.28. The topological polar surface area (TPSA) is 87.6 Å². The summed E-state index contributed by atoms with van der Waals surface area (Å²) in [5.41, 5.74) is 6.01. The Balaban J connectivity index is 2.25. The van der Waals surface area contributed by atoms with Crippen molar-refractivity contribution in [1.29, 1.82) is 0 Å². The predicted octanol–water partition coefficient (Wildman–Crippen LogP) is 3.03. The van der Waals surface area contributed by atoms with Crippen molar-refractivity contribution in [1.82, 2.24) is 0 Å². The predicted molar refractivity (Wildman–Crippen MR) is 79.7 cm³/mol. The molecule has 1 saturated carbocycles. The van der Waals surface area contributed by atoms with Crippen LogP contribution in [0, 0.1) is 10.1 Å². The summed E-state index contributed by atoms with van der Waals surface area (Å²) in [4.78, 5) is 10.9. The fourth-order valence-electron chi connectivity index (χ4n) is 2.66. The molecule has 6 nitrogen and oxygen atoms in total. The molecule has 1 fully saturated rings. The number of nitro groups is 1. The van der Waals surface area contributed by atoms with Crippen molar-refractivity contribution in [3.05, 3.63) is 28.3 Å². The van der Waals surface area contributed by atoms with E-state index in [9.17, 15) is 10.1 Å². The largest absolute Gasteiger partial charge is 0.487 e. The zero-order chi connectivity index (χ0) is 15.2. The Hall–Kier alpha value is -1.82. The molecular weight excluding hydrogens is 272 g/mol. The molecule has 0 spiro atoms. The van der Waals surface area contributed by atoms with E-state index in [0.29, 0.717) is 6.61 Å². The molecule has 0 radical (unpaired) electrons. The van der Waals surface area contributed by atoms with Crippen molar-refractivity contribution in [3.63, 3.8) is 0 Å². The molecule has 2 N–H and O–H groups in total. The van der Waals surface area contributed by atoms with Crippen LogP contribution in [-0.2, 0) is 0 Å². The van der Waals surface area contributed by atoms with Crippen LogP contribution in [0.3, 0.4) is 0 Å². The van der Waals surface area contributed by atoms with Crippen LogP contribution in [0.2, 0.25) is 0 Å². The van der Waals surface area contributed by atoms with E-state index in [2.05, 4.69) is 0 Å². The fourth-order valence-corrected chi connectivity index (χ4v) is 2.66. The smallest absolute Gasteiger partial charge is 0.352 e. The molecule has 0 amide bonds. The van der Waals surface area contributed by atoms with Crippen LogP contribution in [0.1, 0.15) is 39.0 Å². The second-order valence-corrected chi connectivity index (χ2v) is 5.25. The van der Waals surface area contributed by atoms with Crippen molar-refractivity contribution < 1.29 is 14.4 Å². The lowest BCUT2D eigenvalue weighted by atomic mass is 10.1. The summed E-state index contributed by atoms with van der Waals surface area (Å²) >= 11 is 0. The first kappa shape index (κ1) is 15.6. The average molecular weight is 294 g/mol. The van der Waals surface area contributed by atoms with Crippen LogP contribution in [0.4, 0.5) is 5.69 Å². The SMILES string of the molecule is CCOc1cccc(OC2CCCCCC2N)c1[N+](=O)[O-]. The second-order valence-electron chi connectivity index (χ2n) is 5.25. The molecular formula is C15H22N2O4. The molecule has 21 heavy (non-hydrogen) atoms. The number of hydrogen-bond acceptors (Lipinski definition) is 5. The summed E-state index contributed by atoms with van der Waals surface area (Å²) in [6.45, 7) is 2.16. The Kier molecular flexibility index (Phi) is 5.38. The number of nitrogens with two attached hydrogens (primary N) is 1. The lowest BCUT2D eigenvalue weighted by molar-refractivity contribution is -0.387. The van der Waals surface area contributed by atoms with Crippen molar-refractivity contribution in [2.45, 2.75) is 51.2 Å².